The van der Waals surface area contributed by atoms with Crippen LogP contribution in [0.5, 0.6) is 0 Å². The molecule has 1 aliphatic heterocycles. The summed E-state index contributed by atoms with van der Waals surface area (Å²) < 4.78 is 0. The molecule has 5 nitrogen and oxygen atoms in total. The standard InChI is InChI=1S/C15H20N2O3/c1-3-11-7-4-6-10(2)13(11)16-15(20)17-9-5-8-12(17)14(18)19/h4,6-7,12H,3,5,8-9H2,1-2H3,(H,16,20)(H,18,19)/t12-/m1/s1. The number of nitrogens with zero attached hydrogens (tertiary/aromatic N) is 1. The van der Waals surface area contributed by atoms with E-state index in [1.54, 1.807) is 0 Å². The van der Waals surface area contributed by atoms with Gasteiger partial charge in [-0.1, -0.05) is 25.1 Å². The topological polar surface area (TPSA) is 69.6 Å². The van der Waals surface area contributed by atoms with Gasteiger partial charge in [0.05, 0.1) is 0 Å². The third-order valence-corrected chi connectivity index (χ3v) is 3.77. The molecule has 108 valence electrons. The Labute approximate surface area is 118 Å². The van der Waals surface area contributed by atoms with Gasteiger partial charge in [0.25, 0.3) is 0 Å². The molecule has 0 radical (unpaired) electrons. The molecule has 0 saturated carbocycles. The SMILES string of the molecule is CCc1cccc(C)c1NC(=O)N1CCC[C@@H]1C(=O)O. The van der Waals surface area contributed by atoms with Gasteiger partial charge in [-0.25, -0.2) is 9.59 Å². The van der Waals surface area contributed by atoms with Crippen molar-refractivity contribution in [3.63, 3.8) is 0 Å². The predicted molar refractivity (Wildman–Crippen MR) is 76.9 cm³/mol. The highest BCUT2D eigenvalue weighted by Crippen LogP contribution is 2.24. The van der Waals surface area contributed by atoms with Gasteiger partial charge in [-0.05, 0) is 37.3 Å². The molecule has 0 unspecified atom stereocenters. The minimum Gasteiger partial charge on any atom is -0.480 e. The quantitative estimate of drug-likeness (QED) is 0.891. The fourth-order valence-electron chi connectivity index (χ4n) is 2.65. The van der Waals surface area contributed by atoms with Crippen molar-refractivity contribution in [2.24, 2.45) is 0 Å². The molecule has 0 bridgehead atoms. The maximum absolute atomic E-state index is 12.3. The number of likely N-dealkylation sites (tertiary alicyclic amines) is 1. The van der Waals surface area contributed by atoms with E-state index in [1.807, 2.05) is 32.0 Å². The van der Waals surface area contributed by atoms with Crippen LogP contribution < -0.4 is 5.32 Å². The van der Waals surface area contributed by atoms with Crippen molar-refractivity contribution in [2.45, 2.75) is 39.2 Å². The molecule has 0 aliphatic carbocycles. The molecule has 0 spiro atoms. The van der Waals surface area contributed by atoms with E-state index in [1.165, 1.54) is 4.90 Å². The van der Waals surface area contributed by atoms with Crippen molar-refractivity contribution >= 4 is 17.7 Å². The smallest absolute Gasteiger partial charge is 0.326 e. The zero-order valence-corrected chi connectivity index (χ0v) is 11.8. The van der Waals surface area contributed by atoms with Crippen molar-refractivity contribution in [1.29, 1.82) is 0 Å². The summed E-state index contributed by atoms with van der Waals surface area (Å²) in [5.74, 6) is -0.932. The Bertz CT molecular complexity index is 528. The largest absolute Gasteiger partial charge is 0.480 e. The Morgan fingerprint density at radius 3 is 2.85 bits per heavy atom. The summed E-state index contributed by atoms with van der Waals surface area (Å²) in [6, 6.07) is 4.84. The number of aryl methyl sites for hydroxylation is 2. The Morgan fingerprint density at radius 1 is 1.45 bits per heavy atom. The van der Waals surface area contributed by atoms with Crippen LogP contribution in [0.2, 0.25) is 0 Å². The number of urea groups is 1. The zero-order valence-electron chi connectivity index (χ0n) is 11.8. The van der Waals surface area contributed by atoms with E-state index in [2.05, 4.69) is 5.32 Å². The number of anilines is 1. The molecule has 0 aromatic heterocycles. The molecule has 1 aliphatic rings. The van der Waals surface area contributed by atoms with E-state index in [4.69, 9.17) is 5.11 Å². The number of benzene rings is 1. The molecule has 1 heterocycles. The van der Waals surface area contributed by atoms with Gasteiger partial charge in [0.1, 0.15) is 6.04 Å². The third-order valence-electron chi connectivity index (χ3n) is 3.77. The second-order valence-electron chi connectivity index (χ2n) is 5.08. The van der Waals surface area contributed by atoms with Crippen LogP contribution in [0.3, 0.4) is 0 Å². The zero-order chi connectivity index (χ0) is 14.7. The van der Waals surface area contributed by atoms with E-state index in [0.717, 1.165) is 29.7 Å². The van der Waals surface area contributed by atoms with Crippen LogP contribution in [-0.2, 0) is 11.2 Å². The van der Waals surface area contributed by atoms with Crippen molar-refractivity contribution in [1.82, 2.24) is 4.90 Å². The maximum atomic E-state index is 12.3. The molecule has 1 atom stereocenters. The second kappa shape index (κ2) is 5.94. The summed E-state index contributed by atoms with van der Waals surface area (Å²) in [6.45, 7) is 4.46. The van der Waals surface area contributed by atoms with Gasteiger partial charge in [-0.3, -0.25) is 0 Å². The van der Waals surface area contributed by atoms with Gasteiger partial charge in [0.15, 0.2) is 0 Å². The van der Waals surface area contributed by atoms with Crippen LogP contribution in [-0.4, -0.2) is 34.6 Å². The lowest BCUT2D eigenvalue weighted by atomic mass is 10.1. The van der Waals surface area contributed by atoms with Crippen LogP contribution in [0.15, 0.2) is 18.2 Å². The molecular formula is C15H20N2O3. The number of carbonyl (C=O) groups excluding carboxylic acids is 1. The molecule has 1 fully saturated rings. The van der Waals surface area contributed by atoms with Gasteiger partial charge >= 0.3 is 12.0 Å². The van der Waals surface area contributed by atoms with Crippen molar-refractivity contribution in [2.75, 3.05) is 11.9 Å². The summed E-state index contributed by atoms with van der Waals surface area (Å²) in [6.07, 6.45) is 2.08. The first-order valence-electron chi connectivity index (χ1n) is 6.93. The molecule has 5 heteroatoms. The van der Waals surface area contributed by atoms with Gasteiger partial charge in [-0.2, -0.15) is 0 Å². The highest BCUT2D eigenvalue weighted by molar-refractivity contribution is 5.94. The molecular weight excluding hydrogens is 256 g/mol. The Morgan fingerprint density at radius 2 is 2.20 bits per heavy atom. The highest BCUT2D eigenvalue weighted by Gasteiger charge is 2.34. The summed E-state index contributed by atoms with van der Waals surface area (Å²) in [7, 11) is 0. The number of para-hydroxylation sites is 1. The van der Waals surface area contributed by atoms with Crippen LogP contribution in [0.1, 0.15) is 30.9 Å². The lowest BCUT2D eigenvalue weighted by Crippen LogP contribution is -2.43. The monoisotopic (exact) mass is 276 g/mol. The Hall–Kier alpha value is -2.04. The number of nitrogens with one attached hydrogen (secondary N) is 1. The summed E-state index contributed by atoms with van der Waals surface area (Å²) >= 11 is 0. The van der Waals surface area contributed by atoms with Gasteiger partial charge < -0.3 is 15.3 Å². The number of carbonyl (C=O) groups is 2. The Balaban J connectivity index is 2.18. The fourth-order valence-corrected chi connectivity index (χ4v) is 2.65. The number of amides is 2. The van der Waals surface area contributed by atoms with Crippen LogP contribution in [0, 0.1) is 6.92 Å². The van der Waals surface area contributed by atoms with E-state index in [9.17, 15) is 9.59 Å². The van der Waals surface area contributed by atoms with Crippen LogP contribution in [0.25, 0.3) is 0 Å². The van der Waals surface area contributed by atoms with E-state index in [-0.39, 0.29) is 6.03 Å². The first-order chi connectivity index (χ1) is 9.54. The molecule has 20 heavy (non-hydrogen) atoms. The van der Waals surface area contributed by atoms with Gasteiger partial charge in [0, 0.05) is 12.2 Å². The van der Waals surface area contributed by atoms with Gasteiger partial charge in [-0.15, -0.1) is 0 Å². The van der Waals surface area contributed by atoms with E-state index < -0.39 is 12.0 Å². The molecule has 2 rings (SSSR count). The summed E-state index contributed by atoms with van der Waals surface area (Å²) in [5, 5.41) is 12.0. The number of carboxylic acids is 1. The lowest BCUT2D eigenvalue weighted by molar-refractivity contribution is -0.141. The molecule has 1 aromatic carbocycles. The fraction of sp³-hybridized carbons (Fsp3) is 0.467. The van der Waals surface area contributed by atoms with Crippen molar-refractivity contribution < 1.29 is 14.7 Å². The number of hydrogen-bond acceptors (Lipinski definition) is 2. The molecule has 2 N–H and O–H groups in total. The number of hydrogen-bond donors (Lipinski definition) is 2. The average molecular weight is 276 g/mol. The summed E-state index contributed by atoms with van der Waals surface area (Å²) in [4.78, 5) is 24.8. The van der Waals surface area contributed by atoms with E-state index >= 15 is 0 Å². The Kier molecular flexibility index (Phi) is 4.27. The lowest BCUT2D eigenvalue weighted by Gasteiger charge is -2.23. The van der Waals surface area contributed by atoms with Gasteiger partial charge in [0.2, 0.25) is 0 Å². The highest BCUT2D eigenvalue weighted by atomic mass is 16.4. The normalized spacial score (nSPS) is 18.1. The number of carboxylic acid groups (broad SMARTS) is 1. The average Bonchev–Trinajstić information content (AvgIpc) is 2.90. The molecule has 1 saturated heterocycles. The third kappa shape index (κ3) is 2.76. The maximum Gasteiger partial charge on any atom is 0.326 e. The molecule has 1 aromatic rings. The first kappa shape index (κ1) is 14.4. The minimum atomic E-state index is -0.932. The van der Waals surface area contributed by atoms with Crippen molar-refractivity contribution in [3.8, 4) is 0 Å². The molecule has 2 amide bonds. The van der Waals surface area contributed by atoms with Crippen LogP contribution >= 0.6 is 0 Å². The minimum absolute atomic E-state index is 0.320. The second-order valence-corrected chi connectivity index (χ2v) is 5.08. The van der Waals surface area contributed by atoms with E-state index in [0.29, 0.717) is 13.0 Å². The van der Waals surface area contributed by atoms with Crippen molar-refractivity contribution in [3.05, 3.63) is 29.3 Å². The van der Waals surface area contributed by atoms with Crippen LogP contribution in [0.4, 0.5) is 10.5 Å². The first-order valence-corrected chi connectivity index (χ1v) is 6.93. The predicted octanol–water partition coefficient (Wildman–Crippen LogP) is 2.64. The summed E-state index contributed by atoms with van der Waals surface area (Å²) in [5.41, 5.74) is 2.85. The number of rotatable bonds is 3. The number of aliphatic carboxylic acids is 1.